The molecule has 0 aromatic carbocycles. The van der Waals surface area contributed by atoms with Crippen LogP contribution in [0.2, 0.25) is 0 Å². The van der Waals surface area contributed by atoms with Gasteiger partial charge in [-0.2, -0.15) is 13.2 Å². The van der Waals surface area contributed by atoms with Crippen molar-refractivity contribution in [3.8, 4) is 0 Å². The van der Waals surface area contributed by atoms with Gasteiger partial charge in [-0.3, -0.25) is 0 Å². The molecule has 0 unspecified atom stereocenters. The lowest BCUT2D eigenvalue weighted by Crippen LogP contribution is -2.23. The number of hydrogen-bond acceptors (Lipinski definition) is 0. The molecule has 0 radical (unpaired) electrons. The van der Waals surface area contributed by atoms with Crippen LogP contribution in [0.25, 0.3) is 0 Å². The molecule has 0 N–H and O–H groups in total. The van der Waals surface area contributed by atoms with E-state index in [1.54, 1.807) is 0 Å². The standard InChI is InChI=1S/C3H3ClF3I/c4-1-2(8)3(5,6)7/h2H,1H2/t2-/m0/s1. The van der Waals surface area contributed by atoms with Crippen molar-refractivity contribution in [2.24, 2.45) is 0 Å². The largest absolute Gasteiger partial charge is 0.401 e. The molecule has 0 aliphatic heterocycles. The van der Waals surface area contributed by atoms with Gasteiger partial charge in [0.1, 0.15) is 3.92 Å². The fraction of sp³-hybridized carbons (Fsp3) is 1.00. The third-order valence-electron chi connectivity index (χ3n) is 0.491. The van der Waals surface area contributed by atoms with Crippen molar-refractivity contribution in [2.75, 3.05) is 5.88 Å². The SMILES string of the molecule is FC(F)(F)[C@@H](I)CCl. The highest BCUT2D eigenvalue weighted by Crippen LogP contribution is 2.27. The van der Waals surface area contributed by atoms with E-state index in [1.165, 1.54) is 22.6 Å². The minimum atomic E-state index is -4.14. The van der Waals surface area contributed by atoms with E-state index < -0.39 is 10.1 Å². The molecule has 0 aliphatic rings. The van der Waals surface area contributed by atoms with Gasteiger partial charge in [0.2, 0.25) is 0 Å². The van der Waals surface area contributed by atoms with Crippen LogP contribution in [-0.2, 0) is 0 Å². The van der Waals surface area contributed by atoms with Crippen molar-refractivity contribution < 1.29 is 13.2 Å². The molecule has 0 aromatic heterocycles. The molecule has 8 heavy (non-hydrogen) atoms. The molecule has 0 nitrogen and oxygen atoms in total. The highest BCUT2D eigenvalue weighted by atomic mass is 127. The van der Waals surface area contributed by atoms with Crippen molar-refractivity contribution in [1.82, 2.24) is 0 Å². The Bertz CT molecular complexity index is 71.4. The smallest absolute Gasteiger partial charge is 0.170 e. The molecule has 0 heterocycles. The molecule has 0 fully saturated rings. The summed E-state index contributed by atoms with van der Waals surface area (Å²) in [6, 6.07) is 0. The Hall–Kier alpha value is 0.810. The van der Waals surface area contributed by atoms with Crippen molar-refractivity contribution in [1.29, 1.82) is 0 Å². The molecule has 5 heteroatoms. The van der Waals surface area contributed by atoms with Crippen LogP contribution in [0.3, 0.4) is 0 Å². The minimum absolute atomic E-state index is 0.371. The normalized spacial score (nSPS) is 16.1. The van der Waals surface area contributed by atoms with Gasteiger partial charge >= 0.3 is 6.18 Å². The Morgan fingerprint density at radius 2 is 1.88 bits per heavy atom. The maximum absolute atomic E-state index is 11.4. The number of hydrogen-bond donors (Lipinski definition) is 0. The monoisotopic (exact) mass is 258 g/mol. The van der Waals surface area contributed by atoms with Crippen LogP contribution in [0.4, 0.5) is 13.2 Å². The van der Waals surface area contributed by atoms with E-state index in [2.05, 4.69) is 0 Å². The van der Waals surface area contributed by atoms with E-state index in [1.807, 2.05) is 0 Å². The van der Waals surface area contributed by atoms with E-state index in [-0.39, 0.29) is 5.88 Å². The summed E-state index contributed by atoms with van der Waals surface area (Å²) < 4.78 is 32.7. The first kappa shape index (κ1) is 8.81. The highest BCUT2D eigenvalue weighted by molar-refractivity contribution is 14.1. The van der Waals surface area contributed by atoms with Crippen LogP contribution in [0.1, 0.15) is 0 Å². The lowest BCUT2D eigenvalue weighted by molar-refractivity contribution is -0.120. The van der Waals surface area contributed by atoms with Gasteiger partial charge in [-0.15, -0.1) is 11.6 Å². The summed E-state index contributed by atoms with van der Waals surface area (Å²) in [5.74, 6) is -0.371. The zero-order valence-corrected chi connectivity index (χ0v) is 6.59. The molecule has 0 rings (SSSR count). The fourth-order valence-corrected chi connectivity index (χ4v) is 0.262. The fourth-order valence-electron chi connectivity index (χ4n) is 0.0875. The maximum Gasteiger partial charge on any atom is 0.401 e. The van der Waals surface area contributed by atoms with Gasteiger partial charge in [-0.25, -0.2) is 0 Å². The average molecular weight is 258 g/mol. The van der Waals surface area contributed by atoms with Crippen LogP contribution in [0, 0.1) is 0 Å². The molecule has 0 amide bonds. The molecular formula is C3H3ClF3I. The minimum Gasteiger partial charge on any atom is -0.170 e. The first-order valence-electron chi connectivity index (χ1n) is 1.75. The molecule has 1 atom stereocenters. The van der Waals surface area contributed by atoms with Crippen molar-refractivity contribution in [2.45, 2.75) is 10.1 Å². The zero-order valence-electron chi connectivity index (χ0n) is 3.67. The summed E-state index contributed by atoms with van der Waals surface area (Å²) in [5.41, 5.74) is 0. The van der Waals surface area contributed by atoms with Gasteiger partial charge in [0.15, 0.2) is 0 Å². The van der Waals surface area contributed by atoms with Crippen molar-refractivity contribution in [3.05, 3.63) is 0 Å². The Labute approximate surface area is 63.5 Å². The average Bonchev–Trinajstić information content (AvgIpc) is 1.62. The lowest BCUT2D eigenvalue weighted by Gasteiger charge is -2.08. The highest BCUT2D eigenvalue weighted by Gasteiger charge is 2.36. The molecule has 0 aliphatic carbocycles. The number of alkyl halides is 5. The number of rotatable bonds is 1. The van der Waals surface area contributed by atoms with Gasteiger partial charge in [0.05, 0.1) is 0 Å². The molecule has 0 aromatic rings. The quantitative estimate of drug-likeness (QED) is 0.501. The molecule has 0 bridgehead atoms. The van der Waals surface area contributed by atoms with Crippen LogP contribution >= 0.6 is 34.2 Å². The van der Waals surface area contributed by atoms with Gasteiger partial charge in [-0.1, -0.05) is 22.6 Å². The molecular weight excluding hydrogens is 255 g/mol. The van der Waals surface area contributed by atoms with E-state index in [0.717, 1.165) is 0 Å². The van der Waals surface area contributed by atoms with E-state index in [4.69, 9.17) is 11.6 Å². The second-order valence-electron chi connectivity index (χ2n) is 1.16. The molecule has 0 saturated carbocycles. The van der Waals surface area contributed by atoms with E-state index in [9.17, 15) is 13.2 Å². The number of halogens is 5. The summed E-state index contributed by atoms with van der Waals surface area (Å²) in [7, 11) is 0. The van der Waals surface area contributed by atoms with Crippen LogP contribution in [0.5, 0.6) is 0 Å². The maximum atomic E-state index is 11.4. The van der Waals surface area contributed by atoms with Gasteiger partial charge in [-0.05, 0) is 0 Å². The topological polar surface area (TPSA) is 0 Å². The van der Waals surface area contributed by atoms with Crippen molar-refractivity contribution in [3.63, 3.8) is 0 Å². The summed E-state index contributed by atoms with van der Waals surface area (Å²) in [6.45, 7) is 0. The molecule has 0 spiro atoms. The van der Waals surface area contributed by atoms with Crippen molar-refractivity contribution >= 4 is 34.2 Å². The Morgan fingerprint density at radius 3 is 1.88 bits per heavy atom. The second-order valence-corrected chi connectivity index (χ2v) is 2.98. The van der Waals surface area contributed by atoms with Crippen LogP contribution < -0.4 is 0 Å². The van der Waals surface area contributed by atoms with Crippen LogP contribution in [-0.4, -0.2) is 16.0 Å². The van der Waals surface area contributed by atoms with E-state index in [0.29, 0.717) is 0 Å². The molecule has 50 valence electrons. The van der Waals surface area contributed by atoms with E-state index >= 15 is 0 Å². The second kappa shape index (κ2) is 3.10. The van der Waals surface area contributed by atoms with Gasteiger partial charge in [0, 0.05) is 5.88 Å². The summed E-state index contributed by atoms with van der Waals surface area (Å²) >= 11 is 6.16. The first-order chi connectivity index (χ1) is 3.48. The third kappa shape index (κ3) is 2.96. The zero-order chi connectivity index (χ0) is 6.78. The summed E-state index contributed by atoms with van der Waals surface area (Å²) in [4.78, 5) is 0. The Morgan fingerprint density at radius 1 is 1.50 bits per heavy atom. The van der Waals surface area contributed by atoms with Gasteiger partial charge < -0.3 is 0 Å². The Balaban J connectivity index is 3.62. The predicted octanol–water partition coefficient (Wildman–Crippen LogP) is 2.59. The summed E-state index contributed by atoms with van der Waals surface area (Å²) in [5, 5.41) is 0. The Kier molecular flexibility index (Phi) is 3.41. The third-order valence-corrected chi connectivity index (χ3v) is 2.47. The molecule has 0 saturated heterocycles. The first-order valence-corrected chi connectivity index (χ1v) is 3.53. The van der Waals surface area contributed by atoms with Gasteiger partial charge in [0.25, 0.3) is 0 Å². The predicted molar refractivity (Wildman–Crippen MR) is 34.6 cm³/mol. The lowest BCUT2D eigenvalue weighted by atomic mass is 10.5. The van der Waals surface area contributed by atoms with Crippen LogP contribution in [0.15, 0.2) is 0 Å². The summed E-state index contributed by atoms with van der Waals surface area (Å²) in [6.07, 6.45) is -4.14.